The molecule has 0 radical (unpaired) electrons. The summed E-state index contributed by atoms with van der Waals surface area (Å²) < 4.78 is 41.6. The van der Waals surface area contributed by atoms with Gasteiger partial charge in [0.05, 0.1) is 5.56 Å². The van der Waals surface area contributed by atoms with Crippen LogP contribution < -0.4 is 5.32 Å². The van der Waals surface area contributed by atoms with Crippen molar-refractivity contribution in [3.05, 3.63) is 34.9 Å². The zero-order chi connectivity index (χ0) is 16.0. The van der Waals surface area contributed by atoms with Crippen LogP contribution >= 0.6 is 0 Å². The van der Waals surface area contributed by atoms with Crippen LogP contribution in [0.2, 0.25) is 0 Å². The van der Waals surface area contributed by atoms with Gasteiger partial charge >= 0.3 is 0 Å². The van der Waals surface area contributed by atoms with Crippen molar-refractivity contribution in [2.45, 2.75) is 25.8 Å². The van der Waals surface area contributed by atoms with Crippen molar-refractivity contribution in [1.29, 1.82) is 0 Å². The lowest BCUT2D eigenvalue weighted by atomic mass is 10.1. The molecule has 2 N–H and O–H groups in total. The van der Waals surface area contributed by atoms with Gasteiger partial charge in [0.1, 0.15) is 5.82 Å². The maximum atomic E-state index is 13.7. The summed E-state index contributed by atoms with van der Waals surface area (Å²) in [7, 11) is 0. The third-order valence-corrected chi connectivity index (χ3v) is 3.38. The second-order valence-electron chi connectivity index (χ2n) is 5.01. The van der Waals surface area contributed by atoms with Crippen molar-refractivity contribution < 1.29 is 23.1 Å². The molecular weight excluding hydrogens is 301 g/mol. The maximum Gasteiger partial charge on any atom is 0.261 e. The van der Waals surface area contributed by atoms with Crippen LogP contribution in [-0.4, -0.2) is 25.8 Å². The highest BCUT2D eigenvalue weighted by atomic mass is 19.2. The number of anilines is 1. The Kier molecular flexibility index (Phi) is 3.27. The summed E-state index contributed by atoms with van der Waals surface area (Å²) in [4.78, 5) is 12.0. The van der Waals surface area contributed by atoms with Crippen molar-refractivity contribution in [2.24, 2.45) is 0 Å². The number of amides is 1. The number of benzene rings is 1. The first-order chi connectivity index (χ1) is 10.4. The molecule has 3 rings (SSSR count). The molecule has 0 aliphatic heterocycles. The minimum absolute atomic E-state index is 0.0913. The fraction of sp³-hybridized carbons (Fsp3) is 0.308. The number of phenolic OH excluding ortho intramolecular Hbond substituents is 1. The monoisotopic (exact) mass is 312 g/mol. The minimum atomic E-state index is -1.74. The van der Waals surface area contributed by atoms with Crippen LogP contribution in [0.1, 0.15) is 35.1 Å². The standard InChI is InChI=1S/C13H11F3N4O2/c1-5-18-19-13(20(5)6-2-3-6)17-12(22)7-4-8(14)10(16)11(21)9(7)15/h4,6,21H,2-3H2,1H3,(H,17,19,22). The molecule has 0 atom stereocenters. The molecule has 22 heavy (non-hydrogen) atoms. The number of aryl methyl sites for hydroxylation is 1. The third kappa shape index (κ3) is 2.28. The lowest BCUT2D eigenvalue weighted by Crippen LogP contribution is -2.18. The summed E-state index contributed by atoms with van der Waals surface area (Å²) in [6.45, 7) is 1.70. The van der Waals surface area contributed by atoms with Gasteiger partial charge < -0.3 is 5.11 Å². The van der Waals surface area contributed by atoms with Gasteiger partial charge in [-0.05, 0) is 25.8 Å². The van der Waals surface area contributed by atoms with E-state index in [0.717, 1.165) is 12.8 Å². The van der Waals surface area contributed by atoms with Gasteiger partial charge in [-0.2, -0.15) is 4.39 Å². The number of hydrogen-bond acceptors (Lipinski definition) is 4. The van der Waals surface area contributed by atoms with Crippen LogP contribution in [0.5, 0.6) is 5.75 Å². The number of phenols is 1. The van der Waals surface area contributed by atoms with Crippen molar-refractivity contribution >= 4 is 11.9 Å². The van der Waals surface area contributed by atoms with E-state index in [9.17, 15) is 18.0 Å². The predicted octanol–water partition coefficient (Wildman–Crippen LogP) is 2.30. The molecule has 1 heterocycles. The first-order valence-electron chi connectivity index (χ1n) is 6.49. The van der Waals surface area contributed by atoms with Crippen LogP contribution in [0.25, 0.3) is 0 Å². The predicted molar refractivity (Wildman–Crippen MR) is 69.0 cm³/mol. The van der Waals surface area contributed by atoms with Crippen LogP contribution in [0.4, 0.5) is 19.1 Å². The summed E-state index contributed by atoms with van der Waals surface area (Å²) in [6.07, 6.45) is 1.81. The summed E-state index contributed by atoms with van der Waals surface area (Å²) in [5.41, 5.74) is -0.820. The first kappa shape index (κ1) is 14.4. The lowest BCUT2D eigenvalue weighted by molar-refractivity contribution is 0.102. The number of nitrogens with one attached hydrogen (secondary N) is 1. The quantitative estimate of drug-likeness (QED) is 0.852. The summed E-state index contributed by atoms with van der Waals surface area (Å²) in [6, 6.07) is 0.540. The van der Waals surface area contributed by atoms with E-state index in [4.69, 9.17) is 5.11 Å². The number of carbonyl (C=O) groups excluding carboxylic acids is 1. The number of carbonyl (C=O) groups is 1. The molecule has 1 saturated carbocycles. The molecule has 0 spiro atoms. The Labute approximate surface area is 122 Å². The average molecular weight is 312 g/mol. The van der Waals surface area contributed by atoms with Gasteiger partial charge in [-0.3, -0.25) is 14.7 Å². The number of aromatic nitrogens is 3. The van der Waals surface area contributed by atoms with E-state index in [2.05, 4.69) is 15.5 Å². The van der Waals surface area contributed by atoms with Crippen LogP contribution in [0, 0.1) is 24.4 Å². The van der Waals surface area contributed by atoms with Crippen LogP contribution in [0.3, 0.4) is 0 Å². The smallest absolute Gasteiger partial charge is 0.261 e. The number of nitrogens with zero attached hydrogens (tertiary/aromatic N) is 3. The fourth-order valence-corrected chi connectivity index (χ4v) is 2.15. The molecule has 6 nitrogen and oxygen atoms in total. The number of hydrogen-bond donors (Lipinski definition) is 2. The first-order valence-corrected chi connectivity index (χ1v) is 6.49. The van der Waals surface area contributed by atoms with Crippen LogP contribution in [0.15, 0.2) is 6.07 Å². The minimum Gasteiger partial charge on any atom is -0.503 e. The van der Waals surface area contributed by atoms with Crippen molar-refractivity contribution in [3.63, 3.8) is 0 Å². The second kappa shape index (κ2) is 5.00. The highest BCUT2D eigenvalue weighted by Gasteiger charge is 2.30. The molecule has 9 heteroatoms. The summed E-state index contributed by atoms with van der Waals surface area (Å²) in [5, 5.41) is 19.0. The Bertz CT molecular complexity index is 771. The Morgan fingerprint density at radius 3 is 2.64 bits per heavy atom. The largest absolute Gasteiger partial charge is 0.503 e. The number of rotatable bonds is 3. The molecular formula is C13H11F3N4O2. The summed E-state index contributed by atoms with van der Waals surface area (Å²) >= 11 is 0. The van der Waals surface area contributed by atoms with E-state index in [0.29, 0.717) is 11.9 Å². The molecule has 0 bridgehead atoms. The molecule has 1 aromatic carbocycles. The van der Waals surface area contributed by atoms with E-state index in [1.807, 2.05) is 0 Å². The Hall–Kier alpha value is -2.58. The van der Waals surface area contributed by atoms with Crippen LogP contribution in [-0.2, 0) is 0 Å². The molecule has 116 valence electrons. The van der Waals surface area contributed by atoms with Crippen molar-refractivity contribution in [2.75, 3.05) is 5.32 Å². The highest BCUT2D eigenvalue weighted by Crippen LogP contribution is 2.37. The zero-order valence-corrected chi connectivity index (χ0v) is 11.4. The second-order valence-corrected chi connectivity index (χ2v) is 5.01. The van der Waals surface area contributed by atoms with E-state index in [1.54, 1.807) is 11.5 Å². The number of aromatic hydroxyl groups is 1. The Balaban J connectivity index is 1.93. The molecule has 1 aliphatic carbocycles. The van der Waals surface area contributed by atoms with E-state index < -0.39 is 34.7 Å². The topological polar surface area (TPSA) is 80.0 Å². The molecule has 0 unspecified atom stereocenters. The van der Waals surface area contributed by atoms with Gasteiger partial charge in [-0.1, -0.05) is 0 Å². The normalized spacial score (nSPS) is 14.2. The van der Waals surface area contributed by atoms with Gasteiger partial charge in [-0.25, -0.2) is 8.78 Å². The molecule has 1 aromatic heterocycles. The number of halogens is 3. The average Bonchev–Trinajstić information content (AvgIpc) is 3.25. The molecule has 2 aromatic rings. The maximum absolute atomic E-state index is 13.7. The van der Waals surface area contributed by atoms with Gasteiger partial charge in [0.25, 0.3) is 5.91 Å². The SMILES string of the molecule is Cc1nnc(NC(=O)c2cc(F)c(F)c(O)c2F)n1C1CC1. The van der Waals surface area contributed by atoms with E-state index in [1.165, 1.54) is 0 Å². The lowest BCUT2D eigenvalue weighted by Gasteiger charge is -2.09. The molecule has 1 fully saturated rings. The Morgan fingerprint density at radius 2 is 2.00 bits per heavy atom. The van der Waals surface area contributed by atoms with E-state index in [-0.39, 0.29) is 12.0 Å². The van der Waals surface area contributed by atoms with Gasteiger partial charge in [0.15, 0.2) is 17.4 Å². The van der Waals surface area contributed by atoms with Crippen molar-refractivity contribution in [1.82, 2.24) is 14.8 Å². The van der Waals surface area contributed by atoms with Crippen molar-refractivity contribution in [3.8, 4) is 5.75 Å². The molecule has 1 amide bonds. The summed E-state index contributed by atoms with van der Waals surface area (Å²) in [5.74, 6) is -6.73. The fourth-order valence-electron chi connectivity index (χ4n) is 2.15. The van der Waals surface area contributed by atoms with Gasteiger partial charge in [-0.15, -0.1) is 10.2 Å². The Morgan fingerprint density at radius 1 is 1.32 bits per heavy atom. The highest BCUT2D eigenvalue weighted by molar-refractivity contribution is 6.03. The zero-order valence-electron chi connectivity index (χ0n) is 11.4. The third-order valence-electron chi connectivity index (χ3n) is 3.38. The van der Waals surface area contributed by atoms with Gasteiger partial charge in [0, 0.05) is 6.04 Å². The van der Waals surface area contributed by atoms with Gasteiger partial charge in [0.2, 0.25) is 11.8 Å². The van der Waals surface area contributed by atoms with E-state index >= 15 is 0 Å². The molecule has 0 saturated heterocycles. The molecule has 1 aliphatic rings.